The number of hydrogen-bond acceptors (Lipinski definition) is 7. The molecule has 2 aromatic carbocycles. The van der Waals surface area contributed by atoms with Crippen molar-refractivity contribution in [3.63, 3.8) is 0 Å². The van der Waals surface area contributed by atoms with Crippen molar-refractivity contribution < 1.29 is 19.2 Å². The molecule has 16 nitrogen and oxygen atoms in total. The molecule has 0 saturated heterocycles. The molecule has 0 aliphatic heterocycles. The van der Waals surface area contributed by atoms with E-state index in [2.05, 4.69) is 31.3 Å². The highest BCUT2D eigenvalue weighted by atomic mass is 16.2. The second-order valence-electron chi connectivity index (χ2n) is 11.8. The molecule has 4 amide bonds. The van der Waals surface area contributed by atoms with Gasteiger partial charge in [0, 0.05) is 25.2 Å². The first-order valence-electron chi connectivity index (χ1n) is 16.0. The van der Waals surface area contributed by atoms with E-state index in [-0.39, 0.29) is 68.5 Å². The van der Waals surface area contributed by atoms with Crippen LogP contribution in [0.4, 0.5) is 0 Å². The fourth-order valence-electron chi connectivity index (χ4n) is 4.73. The monoisotopic (exact) mass is 678 g/mol. The number of hydrogen-bond donors (Lipinski definition) is 10. The molecule has 0 spiro atoms. The Morgan fingerprint density at radius 1 is 0.694 bits per heavy atom. The summed E-state index contributed by atoms with van der Waals surface area (Å²) in [4.78, 5) is 61.3. The summed E-state index contributed by atoms with van der Waals surface area (Å²) in [6.45, 7) is 4.14. The molecule has 2 aromatic rings. The summed E-state index contributed by atoms with van der Waals surface area (Å²) in [5.74, 6) is -2.56. The van der Waals surface area contributed by atoms with Gasteiger partial charge in [0.05, 0.1) is 6.42 Å². The maximum absolute atomic E-state index is 13.7. The maximum Gasteiger partial charge on any atom is 0.243 e. The normalized spacial score (nSPS) is 12.5. The molecule has 0 aliphatic carbocycles. The molecule has 0 aliphatic rings. The average molecular weight is 679 g/mol. The summed E-state index contributed by atoms with van der Waals surface area (Å²) in [5, 5.41) is 18.7. The van der Waals surface area contributed by atoms with Gasteiger partial charge in [0.2, 0.25) is 23.6 Å². The van der Waals surface area contributed by atoms with Crippen LogP contribution in [0, 0.1) is 11.3 Å². The predicted octanol–water partition coefficient (Wildman–Crippen LogP) is -0.953. The van der Waals surface area contributed by atoms with Crippen molar-refractivity contribution in [3.05, 3.63) is 71.3 Å². The fraction of sp³-hybridized carbons (Fsp3) is 0.424. The molecule has 0 unspecified atom stereocenters. The average Bonchev–Trinajstić information content (AvgIpc) is 3.05. The van der Waals surface area contributed by atoms with Gasteiger partial charge < -0.3 is 49.9 Å². The number of nitrogen functional groups attached to an aromatic ring is 1. The van der Waals surface area contributed by atoms with Gasteiger partial charge in [-0.25, -0.2) is 0 Å². The third kappa shape index (κ3) is 15.2. The highest BCUT2D eigenvalue weighted by Gasteiger charge is 2.30. The van der Waals surface area contributed by atoms with E-state index in [1.54, 1.807) is 38.1 Å². The summed E-state index contributed by atoms with van der Waals surface area (Å²) in [5.41, 5.74) is 29.4. The summed E-state index contributed by atoms with van der Waals surface area (Å²) >= 11 is 0. The molecule has 15 N–H and O–H groups in total. The lowest BCUT2D eigenvalue weighted by Gasteiger charge is -2.27. The second kappa shape index (κ2) is 20.5. The Balaban J connectivity index is 2.21. The minimum atomic E-state index is -1.08. The molecule has 2 rings (SSSR count). The van der Waals surface area contributed by atoms with Crippen molar-refractivity contribution >= 4 is 41.4 Å². The molecule has 3 atom stereocenters. The van der Waals surface area contributed by atoms with Crippen molar-refractivity contribution in [2.45, 2.75) is 70.6 Å². The molecule has 49 heavy (non-hydrogen) atoms. The maximum atomic E-state index is 13.7. The van der Waals surface area contributed by atoms with Gasteiger partial charge in [-0.15, -0.1) is 0 Å². The van der Waals surface area contributed by atoms with Gasteiger partial charge in [-0.2, -0.15) is 0 Å². The van der Waals surface area contributed by atoms with E-state index in [9.17, 15) is 19.2 Å². The fourth-order valence-corrected chi connectivity index (χ4v) is 4.73. The zero-order valence-corrected chi connectivity index (χ0v) is 28.1. The molecule has 0 saturated carbocycles. The zero-order valence-electron chi connectivity index (χ0n) is 28.1. The molecule has 0 heterocycles. The number of amidine groups is 1. The molecular formula is C33H50N12O4. The van der Waals surface area contributed by atoms with Crippen LogP contribution in [0.25, 0.3) is 0 Å². The largest absolute Gasteiger partial charge is 0.384 e. The van der Waals surface area contributed by atoms with E-state index in [0.29, 0.717) is 18.4 Å². The summed E-state index contributed by atoms with van der Waals surface area (Å²) < 4.78 is 0. The first-order valence-corrected chi connectivity index (χ1v) is 16.0. The second-order valence-corrected chi connectivity index (χ2v) is 11.8. The number of guanidine groups is 2. The van der Waals surface area contributed by atoms with Gasteiger partial charge in [0.25, 0.3) is 0 Å². The third-order valence-corrected chi connectivity index (χ3v) is 7.36. The number of rotatable bonds is 20. The van der Waals surface area contributed by atoms with E-state index in [1.807, 2.05) is 30.3 Å². The van der Waals surface area contributed by atoms with Crippen molar-refractivity contribution in [1.82, 2.24) is 21.3 Å². The Morgan fingerprint density at radius 2 is 1.22 bits per heavy atom. The lowest BCUT2D eigenvalue weighted by atomic mass is 10.0. The molecule has 16 heteroatoms. The van der Waals surface area contributed by atoms with Crippen LogP contribution in [0.1, 0.15) is 56.2 Å². The van der Waals surface area contributed by atoms with Crippen LogP contribution in [-0.2, 0) is 32.1 Å². The number of nitrogens with zero attached hydrogens (tertiary/aromatic N) is 2. The van der Waals surface area contributed by atoms with Gasteiger partial charge in [-0.1, -0.05) is 68.4 Å². The lowest BCUT2D eigenvalue weighted by Crippen LogP contribution is -2.57. The summed E-state index contributed by atoms with van der Waals surface area (Å²) in [6, 6.07) is 12.9. The minimum absolute atomic E-state index is 0.0756. The van der Waals surface area contributed by atoms with Crippen LogP contribution in [0.3, 0.4) is 0 Å². The molecule has 0 radical (unpaired) electrons. The smallest absolute Gasteiger partial charge is 0.243 e. The highest BCUT2D eigenvalue weighted by molar-refractivity contribution is 5.95. The van der Waals surface area contributed by atoms with Crippen molar-refractivity contribution in [3.8, 4) is 0 Å². The van der Waals surface area contributed by atoms with E-state index >= 15 is 0 Å². The van der Waals surface area contributed by atoms with E-state index < -0.39 is 35.8 Å². The Hall–Kier alpha value is -5.67. The van der Waals surface area contributed by atoms with Crippen LogP contribution in [-0.4, -0.2) is 72.6 Å². The van der Waals surface area contributed by atoms with Crippen molar-refractivity contribution in [1.29, 1.82) is 5.41 Å². The lowest BCUT2D eigenvalue weighted by molar-refractivity contribution is -0.134. The van der Waals surface area contributed by atoms with Gasteiger partial charge in [0.15, 0.2) is 11.9 Å². The first kappa shape index (κ1) is 39.5. The highest BCUT2D eigenvalue weighted by Crippen LogP contribution is 2.09. The number of carbonyl (C=O) groups excluding carboxylic acids is 4. The number of amides is 4. The standard InChI is InChI=1S/C33H50N12O4/c1-20(2)27(45-26(46)18-21-8-4-3-5-9-21)31(49)44-25(11-7-17-41-33(38)39)30(48)43-24(10-6-16-40-32(36)37)29(47)42-19-22-12-14-23(15-13-22)28(34)35/h3-5,8-9,12-15,20,24-25,27H,6-7,10-11,16-19H2,1-2H3,(H3,34,35)(H,42,47)(H,43,48)(H,44,49)(H,45,46)(H4,36,37,40)(H4,38,39,41)/t24-,25+,27-/m0/s1. The Labute approximate surface area is 286 Å². The number of nitrogens with two attached hydrogens (primary N) is 5. The van der Waals surface area contributed by atoms with Crippen molar-refractivity contribution in [2.24, 2.45) is 44.6 Å². The van der Waals surface area contributed by atoms with E-state index in [0.717, 1.165) is 11.1 Å². The third-order valence-electron chi connectivity index (χ3n) is 7.36. The van der Waals surface area contributed by atoms with Gasteiger partial charge >= 0.3 is 0 Å². The summed E-state index contributed by atoms with van der Waals surface area (Å²) in [7, 11) is 0. The Morgan fingerprint density at radius 3 is 1.73 bits per heavy atom. The van der Waals surface area contributed by atoms with E-state index in [1.165, 1.54) is 0 Å². The molecular weight excluding hydrogens is 628 g/mol. The van der Waals surface area contributed by atoms with E-state index in [4.69, 9.17) is 34.1 Å². The summed E-state index contributed by atoms with van der Waals surface area (Å²) in [6.07, 6.45) is 1.12. The number of benzene rings is 2. The Bertz CT molecular complexity index is 1450. The van der Waals surface area contributed by atoms with Crippen LogP contribution in [0.2, 0.25) is 0 Å². The molecule has 0 fully saturated rings. The van der Waals surface area contributed by atoms with Crippen LogP contribution >= 0.6 is 0 Å². The molecule has 266 valence electrons. The topological polar surface area (TPSA) is 295 Å². The number of nitrogens with one attached hydrogen (secondary N) is 5. The zero-order chi connectivity index (χ0) is 36.3. The number of aliphatic imine (C=N–C) groups is 2. The Kier molecular flexibility index (Phi) is 16.6. The minimum Gasteiger partial charge on any atom is -0.384 e. The van der Waals surface area contributed by atoms with Crippen LogP contribution in [0.15, 0.2) is 64.6 Å². The van der Waals surface area contributed by atoms with Gasteiger partial charge in [-0.3, -0.25) is 34.6 Å². The van der Waals surface area contributed by atoms with Crippen molar-refractivity contribution in [2.75, 3.05) is 13.1 Å². The van der Waals surface area contributed by atoms with Gasteiger partial charge in [-0.05, 0) is 42.7 Å². The number of carbonyl (C=O) groups is 4. The SMILES string of the molecule is CC(C)[C@H](NC(=O)Cc1ccccc1)C(=O)N[C@H](CCCN=C(N)N)C(=O)N[C@@H](CCCN=C(N)N)C(=O)NCc1ccc(C(=N)N)cc1. The van der Waals surface area contributed by atoms with Crippen LogP contribution < -0.4 is 49.9 Å². The van der Waals surface area contributed by atoms with Gasteiger partial charge in [0.1, 0.15) is 24.0 Å². The molecule has 0 aromatic heterocycles. The van der Waals surface area contributed by atoms with Crippen LogP contribution in [0.5, 0.6) is 0 Å². The first-order chi connectivity index (χ1) is 23.3. The predicted molar refractivity (Wildman–Crippen MR) is 190 cm³/mol. The quantitative estimate of drug-likeness (QED) is 0.0468. The molecule has 0 bridgehead atoms.